The second kappa shape index (κ2) is 4.68. The lowest BCUT2D eigenvalue weighted by molar-refractivity contribution is 0.897. The molecule has 2 aromatic heterocycles. The van der Waals surface area contributed by atoms with E-state index < -0.39 is 0 Å². The monoisotopic (exact) mass is 253 g/mol. The van der Waals surface area contributed by atoms with Crippen molar-refractivity contribution in [1.29, 1.82) is 0 Å². The van der Waals surface area contributed by atoms with Crippen molar-refractivity contribution in [3.63, 3.8) is 0 Å². The summed E-state index contributed by atoms with van der Waals surface area (Å²) in [5.41, 5.74) is 4.35. The van der Waals surface area contributed by atoms with Gasteiger partial charge in [0.15, 0.2) is 0 Å². The number of nitrogens with zero attached hydrogens (tertiary/aromatic N) is 4. The highest BCUT2D eigenvalue weighted by molar-refractivity contribution is 5.34. The molecule has 5 nitrogen and oxygen atoms in total. The third-order valence-corrected chi connectivity index (χ3v) is 3.27. The number of para-hydroxylation sites is 1. The molecule has 3 aromatic rings. The zero-order valence-electron chi connectivity index (χ0n) is 11.0. The molecule has 0 amide bonds. The Balaban J connectivity index is 1.98. The Hall–Kier alpha value is -2.43. The van der Waals surface area contributed by atoms with Crippen LogP contribution in [-0.2, 0) is 6.42 Å². The van der Waals surface area contributed by atoms with Gasteiger partial charge in [-0.2, -0.15) is 5.10 Å². The summed E-state index contributed by atoms with van der Waals surface area (Å²) in [5, 5.41) is 15.5. The number of hydrogen-bond donors (Lipinski definition) is 1. The largest absolute Gasteiger partial charge is 0.285 e. The van der Waals surface area contributed by atoms with Crippen molar-refractivity contribution >= 4 is 0 Å². The second-order valence-electron chi connectivity index (χ2n) is 4.54. The highest BCUT2D eigenvalue weighted by atomic mass is 15.3. The van der Waals surface area contributed by atoms with Crippen LogP contribution in [0.5, 0.6) is 0 Å². The third kappa shape index (κ3) is 2.14. The number of aryl methyl sites for hydroxylation is 2. The van der Waals surface area contributed by atoms with E-state index in [0.717, 1.165) is 29.3 Å². The van der Waals surface area contributed by atoms with E-state index in [1.54, 1.807) is 6.33 Å². The summed E-state index contributed by atoms with van der Waals surface area (Å²) in [6, 6.07) is 10.1. The van der Waals surface area contributed by atoms with E-state index >= 15 is 0 Å². The summed E-state index contributed by atoms with van der Waals surface area (Å²) >= 11 is 0. The van der Waals surface area contributed by atoms with Crippen LogP contribution in [0, 0.1) is 13.8 Å². The van der Waals surface area contributed by atoms with Crippen LogP contribution in [-0.4, -0.2) is 25.0 Å². The van der Waals surface area contributed by atoms with E-state index in [-0.39, 0.29) is 0 Å². The van der Waals surface area contributed by atoms with E-state index in [0.29, 0.717) is 0 Å². The summed E-state index contributed by atoms with van der Waals surface area (Å²) < 4.78 is 2.01. The fourth-order valence-corrected chi connectivity index (χ4v) is 2.18. The molecule has 0 bridgehead atoms. The Morgan fingerprint density at radius 2 is 1.95 bits per heavy atom. The van der Waals surface area contributed by atoms with Crippen molar-refractivity contribution in [2.75, 3.05) is 0 Å². The van der Waals surface area contributed by atoms with E-state index in [9.17, 15) is 0 Å². The molecule has 0 saturated heterocycles. The third-order valence-electron chi connectivity index (χ3n) is 3.27. The van der Waals surface area contributed by atoms with Crippen LogP contribution in [0.1, 0.15) is 22.8 Å². The fourth-order valence-electron chi connectivity index (χ4n) is 2.18. The minimum absolute atomic E-state index is 0.725. The number of hydrogen-bond acceptors (Lipinski definition) is 3. The lowest BCUT2D eigenvalue weighted by Gasteiger charge is -2.06. The maximum Gasteiger partial charge on any atom is 0.141 e. The van der Waals surface area contributed by atoms with Gasteiger partial charge in [0.2, 0.25) is 0 Å². The molecule has 1 aromatic carbocycles. The average Bonchev–Trinajstić information content (AvgIpc) is 3.02. The van der Waals surface area contributed by atoms with Crippen LogP contribution in [0.3, 0.4) is 0 Å². The highest BCUT2D eigenvalue weighted by Gasteiger charge is 2.12. The zero-order valence-corrected chi connectivity index (χ0v) is 11.0. The van der Waals surface area contributed by atoms with Gasteiger partial charge < -0.3 is 0 Å². The van der Waals surface area contributed by atoms with Gasteiger partial charge in [-0.1, -0.05) is 18.2 Å². The predicted octanol–water partition coefficient (Wildman–Crippen LogP) is 2.20. The van der Waals surface area contributed by atoms with E-state index in [1.807, 2.05) is 48.7 Å². The first-order valence-corrected chi connectivity index (χ1v) is 6.20. The Morgan fingerprint density at radius 1 is 1.16 bits per heavy atom. The van der Waals surface area contributed by atoms with Crippen molar-refractivity contribution < 1.29 is 0 Å². The average molecular weight is 253 g/mol. The number of aromatic nitrogens is 5. The highest BCUT2D eigenvalue weighted by Crippen LogP contribution is 2.16. The Morgan fingerprint density at radius 3 is 2.63 bits per heavy atom. The van der Waals surface area contributed by atoms with E-state index in [4.69, 9.17) is 0 Å². The molecule has 0 spiro atoms. The summed E-state index contributed by atoms with van der Waals surface area (Å²) in [4.78, 5) is 0. The molecule has 3 rings (SSSR count). The van der Waals surface area contributed by atoms with Crippen molar-refractivity contribution in [1.82, 2.24) is 25.0 Å². The van der Waals surface area contributed by atoms with Gasteiger partial charge in [0, 0.05) is 23.4 Å². The first kappa shape index (κ1) is 11.6. The molecule has 0 aliphatic carbocycles. The summed E-state index contributed by atoms with van der Waals surface area (Å²) in [6.07, 6.45) is 2.47. The number of nitrogens with one attached hydrogen (secondary N) is 1. The normalized spacial score (nSPS) is 10.8. The molecule has 2 heterocycles. The van der Waals surface area contributed by atoms with Crippen LogP contribution in [0.2, 0.25) is 0 Å². The number of benzene rings is 1. The molecular formula is C14H15N5. The first-order valence-electron chi connectivity index (χ1n) is 6.20. The number of rotatable bonds is 3. The first-order chi connectivity index (χ1) is 9.25. The van der Waals surface area contributed by atoms with Gasteiger partial charge in [-0.05, 0) is 26.0 Å². The molecule has 0 radical (unpaired) electrons. The van der Waals surface area contributed by atoms with Crippen LogP contribution in [0.15, 0.2) is 36.7 Å². The Bertz CT molecular complexity index is 661. The van der Waals surface area contributed by atoms with Crippen LogP contribution in [0.4, 0.5) is 0 Å². The quantitative estimate of drug-likeness (QED) is 0.778. The minimum atomic E-state index is 0.725. The molecule has 1 N–H and O–H groups in total. The molecule has 96 valence electrons. The van der Waals surface area contributed by atoms with E-state index in [1.165, 1.54) is 5.56 Å². The fraction of sp³-hybridized carbons (Fsp3) is 0.214. The molecule has 0 saturated carbocycles. The van der Waals surface area contributed by atoms with Gasteiger partial charge in [-0.15, -0.1) is 10.2 Å². The molecule has 0 fully saturated rings. The summed E-state index contributed by atoms with van der Waals surface area (Å²) in [5.74, 6) is 0.916. The van der Waals surface area contributed by atoms with Crippen LogP contribution in [0.25, 0.3) is 5.69 Å². The maximum absolute atomic E-state index is 4.22. The molecular weight excluding hydrogens is 238 g/mol. The van der Waals surface area contributed by atoms with Crippen molar-refractivity contribution in [2.24, 2.45) is 0 Å². The standard InChI is InChI=1S/C14H15N5/c1-10-13(11(2)17-16-10)8-14-18-15-9-19(14)12-6-4-3-5-7-12/h3-7,9H,8H2,1-2H3,(H,16,17). The molecule has 0 aliphatic rings. The predicted molar refractivity (Wildman–Crippen MR) is 72.2 cm³/mol. The molecule has 5 heteroatoms. The smallest absolute Gasteiger partial charge is 0.141 e. The zero-order chi connectivity index (χ0) is 13.2. The van der Waals surface area contributed by atoms with Gasteiger partial charge in [0.1, 0.15) is 12.2 Å². The van der Waals surface area contributed by atoms with Gasteiger partial charge in [-0.25, -0.2) is 0 Å². The lowest BCUT2D eigenvalue weighted by atomic mass is 10.1. The van der Waals surface area contributed by atoms with Crippen molar-refractivity contribution in [3.05, 3.63) is 59.4 Å². The van der Waals surface area contributed by atoms with Gasteiger partial charge in [0.05, 0.1) is 5.69 Å². The van der Waals surface area contributed by atoms with Crippen LogP contribution < -0.4 is 0 Å². The Kier molecular flexibility index (Phi) is 2.87. The van der Waals surface area contributed by atoms with E-state index in [2.05, 4.69) is 20.4 Å². The SMILES string of the molecule is Cc1n[nH]c(C)c1Cc1nncn1-c1ccccc1. The van der Waals surface area contributed by atoms with Crippen molar-refractivity contribution in [3.8, 4) is 5.69 Å². The van der Waals surface area contributed by atoms with Gasteiger partial charge in [-0.3, -0.25) is 9.67 Å². The van der Waals surface area contributed by atoms with Crippen molar-refractivity contribution in [2.45, 2.75) is 20.3 Å². The lowest BCUT2D eigenvalue weighted by Crippen LogP contribution is -2.02. The molecule has 19 heavy (non-hydrogen) atoms. The van der Waals surface area contributed by atoms with Crippen LogP contribution >= 0.6 is 0 Å². The number of H-pyrrole nitrogens is 1. The van der Waals surface area contributed by atoms with Gasteiger partial charge in [0.25, 0.3) is 0 Å². The molecule has 0 atom stereocenters. The number of aromatic amines is 1. The Labute approximate surface area is 111 Å². The minimum Gasteiger partial charge on any atom is -0.285 e. The molecule has 0 aliphatic heterocycles. The molecule has 0 unspecified atom stereocenters. The topological polar surface area (TPSA) is 59.4 Å². The summed E-state index contributed by atoms with van der Waals surface area (Å²) in [6.45, 7) is 4.03. The second-order valence-corrected chi connectivity index (χ2v) is 4.54. The maximum atomic E-state index is 4.22. The summed E-state index contributed by atoms with van der Waals surface area (Å²) in [7, 11) is 0. The van der Waals surface area contributed by atoms with Gasteiger partial charge >= 0.3 is 0 Å².